The van der Waals surface area contributed by atoms with Crippen LogP contribution in [0, 0.1) is 6.92 Å². The lowest BCUT2D eigenvalue weighted by Gasteiger charge is -2.08. The lowest BCUT2D eigenvalue weighted by Crippen LogP contribution is -2.17. The fraction of sp³-hybridized carbons (Fsp3) is 0.421. The van der Waals surface area contributed by atoms with Crippen molar-refractivity contribution in [3.63, 3.8) is 0 Å². The number of thiophene rings is 1. The maximum atomic E-state index is 12.9. The average molecular weight is 472 g/mol. The normalized spacial score (nSPS) is 10.6. The summed E-state index contributed by atoms with van der Waals surface area (Å²) in [5.41, 5.74) is 0.452. The van der Waals surface area contributed by atoms with Gasteiger partial charge in [0.15, 0.2) is 10.9 Å². The summed E-state index contributed by atoms with van der Waals surface area (Å²) in [6.45, 7) is 7.30. The number of esters is 2. The first kappa shape index (κ1) is 24.1. The fourth-order valence-corrected chi connectivity index (χ4v) is 4.31. The van der Waals surface area contributed by atoms with E-state index in [-0.39, 0.29) is 39.4 Å². The van der Waals surface area contributed by atoms with E-state index in [1.54, 1.807) is 20.8 Å². The SMILES string of the molecule is CCCSc1ncc(Cl)c(C(=O)Nc2sc(C(=O)OCC)c(C)c2C(=O)OCC)n1. The van der Waals surface area contributed by atoms with Gasteiger partial charge in [0.05, 0.1) is 30.0 Å². The Kier molecular flexibility index (Phi) is 9.07. The molecule has 0 bridgehead atoms. The minimum atomic E-state index is -0.648. The number of hydrogen-bond donors (Lipinski definition) is 1. The number of rotatable bonds is 9. The van der Waals surface area contributed by atoms with Gasteiger partial charge in [-0.2, -0.15) is 0 Å². The molecule has 8 nitrogen and oxygen atoms in total. The van der Waals surface area contributed by atoms with Crippen LogP contribution in [0.2, 0.25) is 5.02 Å². The van der Waals surface area contributed by atoms with Crippen LogP contribution in [0.1, 0.15) is 63.3 Å². The number of halogens is 1. The van der Waals surface area contributed by atoms with Crippen molar-refractivity contribution in [2.24, 2.45) is 0 Å². The Morgan fingerprint density at radius 1 is 1.17 bits per heavy atom. The first-order valence-corrected chi connectivity index (χ1v) is 11.5. The number of carbonyl (C=O) groups excluding carboxylic acids is 3. The number of nitrogens with one attached hydrogen (secondary N) is 1. The highest BCUT2D eigenvalue weighted by Crippen LogP contribution is 2.35. The molecule has 1 amide bonds. The zero-order valence-electron chi connectivity index (χ0n) is 17.0. The molecule has 0 saturated heterocycles. The van der Waals surface area contributed by atoms with E-state index in [1.165, 1.54) is 18.0 Å². The summed E-state index contributed by atoms with van der Waals surface area (Å²) < 4.78 is 10.1. The minimum absolute atomic E-state index is 0.0242. The van der Waals surface area contributed by atoms with E-state index in [4.69, 9.17) is 21.1 Å². The van der Waals surface area contributed by atoms with Crippen LogP contribution in [0.15, 0.2) is 11.4 Å². The Morgan fingerprint density at radius 3 is 2.47 bits per heavy atom. The number of amides is 1. The van der Waals surface area contributed by atoms with Crippen molar-refractivity contribution >= 4 is 57.5 Å². The third-order valence-corrected chi connectivity index (χ3v) is 6.22. The second kappa shape index (κ2) is 11.3. The van der Waals surface area contributed by atoms with Crippen LogP contribution < -0.4 is 5.32 Å². The first-order valence-electron chi connectivity index (χ1n) is 9.28. The summed E-state index contributed by atoms with van der Waals surface area (Å²) in [6.07, 6.45) is 2.28. The molecule has 0 unspecified atom stereocenters. The van der Waals surface area contributed by atoms with Crippen molar-refractivity contribution in [2.75, 3.05) is 24.3 Å². The average Bonchev–Trinajstić information content (AvgIpc) is 3.03. The zero-order chi connectivity index (χ0) is 22.3. The largest absolute Gasteiger partial charge is 0.462 e. The molecule has 0 aliphatic carbocycles. The molecule has 0 saturated carbocycles. The van der Waals surface area contributed by atoms with Gasteiger partial charge in [0.2, 0.25) is 0 Å². The van der Waals surface area contributed by atoms with Gasteiger partial charge in [-0.05, 0) is 32.8 Å². The Bertz CT molecular complexity index is 948. The molecule has 0 aliphatic heterocycles. The predicted molar refractivity (Wildman–Crippen MR) is 117 cm³/mol. The number of nitrogens with zero attached hydrogens (tertiary/aromatic N) is 2. The first-order chi connectivity index (χ1) is 14.3. The maximum Gasteiger partial charge on any atom is 0.348 e. The number of ether oxygens (including phenoxy) is 2. The molecule has 2 rings (SSSR count). The van der Waals surface area contributed by atoms with Gasteiger partial charge in [-0.1, -0.05) is 30.3 Å². The standard InChI is InChI=1S/C19H22ClN3O5S2/c1-5-8-29-19-21-9-11(20)13(22-19)15(24)23-16-12(17(25)27-6-2)10(4)14(30-16)18(26)28-7-3/h9H,5-8H2,1-4H3,(H,23,24). The summed E-state index contributed by atoms with van der Waals surface area (Å²) >= 11 is 8.45. The lowest BCUT2D eigenvalue weighted by atomic mass is 10.1. The van der Waals surface area contributed by atoms with Crippen LogP contribution in [0.25, 0.3) is 0 Å². The van der Waals surface area contributed by atoms with Crippen molar-refractivity contribution in [2.45, 2.75) is 39.3 Å². The van der Waals surface area contributed by atoms with E-state index in [1.807, 2.05) is 6.92 Å². The molecule has 0 radical (unpaired) electrons. The van der Waals surface area contributed by atoms with E-state index < -0.39 is 17.8 Å². The summed E-state index contributed by atoms with van der Waals surface area (Å²) in [5.74, 6) is -1.06. The monoisotopic (exact) mass is 471 g/mol. The van der Waals surface area contributed by atoms with E-state index in [0.29, 0.717) is 10.7 Å². The molecule has 0 aromatic carbocycles. The van der Waals surface area contributed by atoms with Gasteiger partial charge in [0.25, 0.3) is 5.91 Å². The van der Waals surface area contributed by atoms with Gasteiger partial charge in [-0.25, -0.2) is 19.6 Å². The third-order valence-electron chi connectivity index (χ3n) is 3.69. The highest BCUT2D eigenvalue weighted by Gasteiger charge is 2.28. The van der Waals surface area contributed by atoms with Crippen LogP contribution in [-0.2, 0) is 9.47 Å². The molecular formula is C19H22ClN3O5S2. The summed E-state index contributed by atoms with van der Waals surface area (Å²) in [7, 11) is 0. The van der Waals surface area contributed by atoms with E-state index >= 15 is 0 Å². The molecule has 11 heteroatoms. The summed E-state index contributed by atoms with van der Waals surface area (Å²) in [6, 6.07) is 0. The van der Waals surface area contributed by atoms with E-state index in [2.05, 4.69) is 15.3 Å². The second-order valence-corrected chi connectivity index (χ2v) is 8.34. The fourth-order valence-electron chi connectivity index (χ4n) is 2.38. The molecule has 0 fully saturated rings. The third kappa shape index (κ3) is 5.71. The van der Waals surface area contributed by atoms with Crippen LogP contribution in [0.3, 0.4) is 0 Å². The van der Waals surface area contributed by atoms with Crippen molar-refractivity contribution in [3.8, 4) is 0 Å². The highest BCUT2D eigenvalue weighted by atomic mass is 35.5. The predicted octanol–water partition coefficient (Wildman–Crippen LogP) is 4.61. The quantitative estimate of drug-likeness (QED) is 0.321. The summed E-state index contributed by atoms with van der Waals surface area (Å²) in [4.78, 5) is 46.1. The molecule has 0 spiro atoms. The molecule has 2 heterocycles. The molecule has 30 heavy (non-hydrogen) atoms. The molecular weight excluding hydrogens is 450 g/mol. The minimum Gasteiger partial charge on any atom is -0.462 e. The van der Waals surface area contributed by atoms with Crippen LogP contribution in [-0.4, -0.2) is 46.8 Å². The maximum absolute atomic E-state index is 12.9. The number of hydrogen-bond acceptors (Lipinski definition) is 9. The van der Waals surface area contributed by atoms with Gasteiger partial charge in [-0.3, -0.25) is 4.79 Å². The molecule has 0 atom stereocenters. The van der Waals surface area contributed by atoms with Gasteiger partial charge in [0, 0.05) is 5.75 Å². The lowest BCUT2D eigenvalue weighted by molar-refractivity contribution is 0.0527. The van der Waals surface area contributed by atoms with Crippen molar-refractivity contribution in [3.05, 3.63) is 32.9 Å². The number of aromatic nitrogens is 2. The zero-order valence-corrected chi connectivity index (χ0v) is 19.4. The summed E-state index contributed by atoms with van der Waals surface area (Å²) in [5, 5.41) is 3.30. The second-order valence-electron chi connectivity index (χ2n) is 5.85. The van der Waals surface area contributed by atoms with Gasteiger partial charge in [-0.15, -0.1) is 11.3 Å². The topological polar surface area (TPSA) is 107 Å². The van der Waals surface area contributed by atoms with Crippen molar-refractivity contribution in [1.29, 1.82) is 0 Å². The smallest absolute Gasteiger partial charge is 0.348 e. The Labute approximate surface area is 187 Å². The Balaban J connectivity index is 2.41. The number of carbonyl (C=O) groups is 3. The molecule has 2 aromatic rings. The number of thioether (sulfide) groups is 1. The van der Waals surface area contributed by atoms with Crippen LogP contribution >= 0.6 is 34.7 Å². The molecule has 162 valence electrons. The van der Waals surface area contributed by atoms with Gasteiger partial charge >= 0.3 is 11.9 Å². The van der Waals surface area contributed by atoms with E-state index in [9.17, 15) is 14.4 Å². The van der Waals surface area contributed by atoms with Crippen molar-refractivity contribution in [1.82, 2.24) is 9.97 Å². The molecule has 1 N–H and O–H groups in total. The van der Waals surface area contributed by atoms with Crippen molar-refractivity contribution < 1.29 is 23.9 Å². The highest BCUT2D eigenvalue weighted by molar-refractivity contribution is 7.99. The number of anilines is 1. The van der Waals surface area contributed by atoms with E-state index in [0.717, 1.165) is 23.5 Å². The van der Waals surface area contributed by atoms with Crippen LogP contribution in [0.4, 0.5) is 5.00 Å². The van der Waals surface area contributed by atoms with Crippen LogP contribution in [0.5, 0.6) is 0 Å². The molecule has 2 aromatic heterocycles. The Morgan fingerprint density at radius 2 is 1.83 bits per heavy atom. The van der Waals surface area contributed by atoms with Gasteiger partial charge in [0.1, 0.15) is 9.88 Å². The molecule has 0 aliphatic rings. The van der Waals surface area contributed by atoms with Gasteiger partial charge < -0.3 is 14.8 Å². The Hall–Kier alpha value is -2.17.